The predicted molar refractivity (Wildman–Crippen MR) is 72.7 cm³/mol. The fourth-order valence-corrected chi connectivity index (χ4v) is 2.41. The highest BCUT2D eigenvalue weighted by molar-refractivity contribution is 5.86. The van der Waals surface area contributed by atoms with Crippen LogP contribution < -0.4 is 5.73 Å². The van der Waals surface area contributed by atoms with Gasteiger partial charge in [-0.15, -0.1) is 10.2 Å². The number of rotatable bonds is 2. The number of nitrogens with zero attached hydrogens (tertiary/aromatic N) is 3. The number of aryl methyl sites for hydroxylation is 2. The van der Waals surface area contributed by atoms with Gasteiger partial charge in [0.2, 0.25) is 0 Å². The molecular weight excluding hydrogens is 224 g/mol. The Labute approximate surface area is 105 Å². The van der Waals surface area contributed by atoms with Crippen molar-refractivity contribution < 1.29 is 0 Å². The third kappa shape index (κ3) is 1.57. The van der Waals surface area contributed by atoms with Crippen molar-refractivity contribution in [2.45, 2.75) is 20.3 Å². The lowest BCUT2D eigenvalue weighted by Crippen LogP contribution is -2.07. The van der Waals surface area contributed by atoms with Crippen LogP contribution in [-0.4, -0.2) is 21.1 Å². The van der Waals surface area contributed by atoms with Crippen LogP contribution in [0.15, 0.2) is 24.3 Å². The first-order chi connectivity index (χ1) is 8.70. The molecule has 92 valence electrons. The molecule has 4 nitrogen and oxygen atoms in total. The SMILES string of the molecule is Cc1ccc2c(c1)c(C)cc1nnc(CCN)n12. The van der Waals surface area contributed by atoms with Crippen LogP contribution in [0.2, 0.25) is 0 Å². The van der Waals surface area contributed by atoms with E-state index in [1.165, 1.54) is 16.5 Å². The van der Waals surface area contributed by atoms with E-state index in [9.17, 15) is 0 Å². The first kappa shape index (κ1) is 11.2. The van der Waals surface area contributed by atoms with Crippen LogP contribution in [0.4, 0.5) is 0 Å². The van der Waals surface area contributed by atoms with Crippen molar-refractivity contribution in [2.24, 2.45) is 5.73 Å². The number of nitrogens with two attached hydrogens (primary N) is 1. The molecule has 0 amide bonds. The molecule has 0 aliphatic carbocycles. The van der Waals surface area contributed by atoms with Crippen LogP contribution in [0, 0.1) is 13.8 Å². The van der Waals surface area contributed by atoms with Gasteiger partial charge in [-0.05, 0) is 44.2 Å². The predicted octanol–water partition coefficient (Wildman–Crippen LogP) is 2.00. The van der Waals surface area contributed by atoms with Crippen molar-refractivity contribution in [2.75, 3.05) is 6.54 Å². The smallest absolute Gasteiger partial charge is 0.161 e. The molecule has 2 N–H and O–H groups in total. The zero-order valence-electron chi connectivity index (χ0n) is 10.6. The van der Waals surface area contributed by atoms with E-state index in [1.54, 1.807) is 0 Å². The number of aromatic nitrogens is 3. The van der Waals surface area contributed by atoms with E-state index in [4.69, 9.17) is 5.73 Å². The lowest BCUT2D eigenvalue weighted by Gasteiger charge is -2.08. The average molecular weight is 240 g/mol. The van der Waals surface area contributed by atoms with Crippen molar-refractivity contribution in [3.8, 4) is 0 Å². The molecule has 4 heteroatoms. The maximum atomic E-state index is 5.63. The van der Waals surface area contributed by atoms with Crippen LogP contribution in [0.25, 0.3) is 16.6 Å². The number of hydrogen-bond acceptors (Lipinski definition) is 3. The van der Waals surface area contributed by atoms with E-state index in [1.807, 2.05) is 0 Å². The minimum atomic E-state index is 0.585. The normalized spacial score (nSPS) is 11.5. The first-order valence-electron chi connectivity index (χ1n) is 6.15. The molecule has 0 radical (unpaired) electrons. The summed E-state index contributed by atoms with van der Waals surface area (Å²) in [5.41, 5.74) is 10.2. The van der Waals surface area contributed by atoms with E-state index in [2.05, 4.69) is 52.7 Å². The molecule has 1 aromatic carbocycles. The molecule has 3 aromatic rings. The van der Waals surface area contributed by atoms with Crippen molar-refractivity contribution in [1.82, 2.24) is 14.6 Å². The molecule has 0 atom stereocenters. The van der Waals surface area contributed by atoms with E-state index in [0.717, 1.165) is 23.4 Å². The second-order valence-corrected chi connectivity index (χ2v) is 4.70. The van der Waals surface area contributed by atoms with E-state index >= 15 is 0 Å². The van der Waals surface area contributed by atoms with Gasteiger partial charge in [0.15, 0.2) is 5.65 Å². The van der Waals surface area contributed by atoms with Crippen LogP contribution in [0.5, 0.6) is 0 Å². The fourth-order valence-electron chi connectivity index (χ4n) is 2.41. The number of pyridine rings is 1. The van der Waals surface area contributed by atoms with Gasteiger partial charge in [0.25, 0.3) is 0 Å². The lowest BCUT2D eigenvalue weighted by molar-refractivity contribution is 0.856. The Morgan fingerprint density at radius 1 is 1.17 bits per heavy atom. The highest BCUT2D eigenvalue weighted by atomic mass is 15.2. The fraction of sp³-hybridized carbons (Fsp3) is 0.286. The summed E-state index contributed by atoms with van der Waals surface area (Å²) < 4.78 is 2.11. The van der Waals surface area contributed by atoms with Gasteiger partial charge in [-0.3, -0.25) is 4.40 Å². The molecule has 0 unspecified atom stereocenters. The summed E-state index contributed by atoms with van der Waals surface area (Å²) in [6.45, 7) is 4.80. The first-order valence-corrected chi connectivity index (χ1v) is 6.15. The topological polar surface area (TPSA) is 56.2 Å². The summed E-state index contributed by atoms with van der Waals surface area (Å²) in [4.78, 5) is 0. The Kier molecular flexibility index (Phi) is 2.52. The minimum Gasteiger partial charge on any atom is -0.330 e. The van der Waals surface area contributed by atoms with Gasteiger partial charge in [-0.2, -0.15) is 0 Å². The molecule has 0 saturated carbocycles. The van der Waals surface area contributed by atoms with Gasteiger partial charge in [0.05, 0.1) is 5.52 Å². The maximum absolute atomic E-state index is 5.63. The van der Waals surface area contributed by atoms with Gasteiger partial charge < -0.3 is 5.73 Å². The summed E-state index contributed by atoms with van der Waals surface area (Å²) in [5, 5.41) is 9.71. The van der Waals surface area contributed by atoms with Gasteiger partial charge >= 0.3 is 0 Å². The van der Waals surface area contributed by atoms with Crippen molar-refractivity contribution in [3.05, 3.63) is 41.2 Å². The zero-order valence-corrected chi connectivity index (χ0v) is 10.6. The van der Waals surface area contributed by atoms with Crippen molar-refractivity contribution in [1.29, 1.82) is 0 Å². The Hall–Kier alpha value is -1.94. The number of fused-ring (bicyclic) bond motifs is 3. The summed E-state index contributed by atoms with van der Waals surface area (Å²) in [6, 6.07) is 8.53. The monoisotopic (exact) mass is 240 g/mol. The third-order valence-corrected chi connectivity index (χ3v) is 3.29. The Balaban J connectivity index is 2.45. The zero-order chi connectivity index (χ0) is 12.7. The van der Waals surface area contributed by atoms with Gasteiger partial charge in [-0.25, -0.2) is 0 Å². The van der Waals surface area contributed by atoms with Crippen molar-refractivity contribution >= 4 is 16.6 Å². The molecule has 0 spiro atoms. The summed E-state index contributed by atoms with van der Waals surface area (Å²) in [6.07, 6.45) is 0.743. The van der Waals surface area contributed by atoms with Crippen LogP contribution in [0.1, 0.15) is 17.0 Å². The molecule has 0 fully saturated rings. The maximum Gasteiger partial charge on any atom is 0.161 e. The Morgan fingerprint density at radius 3 is 2.78 bits per heavy atom. The minimum absolute atomic E-state index is 0.585. The van der Waals surface area contributed by atoms with Crippen LogP contribution in [0.3, 0.4) is 0 Å². The third-order valence-electron chi connectivity index (χ3n) is 3.29. The molecule has 2 heterocycles. The van der Waals surface area contributed by atoms with E-state index < -0.39 is 0 Å². The van der Waals surface area contributed by atoms with Gasteiger partial charge in [-0.1, -0.05) is 11.6 Å². The highest BCUT2D eigenvalue weighted by Crippen LogP contribution is 2.23. The number of benzene rings is 1. The molecule has 3 rings (SSSR count). The largest absolute Gasteiger partial charge is 0.330 e. The molecule has 0 aliphatic rings. The summed E-state index contributed by atoms with van der Waals surface area (Å²) >= 11 is 0. The Morgan fingerprint density at radius 2 is 2.00 bits per heavy atom. The summed E-state index contributed by atoms with van der Waals surface area (Å²) in [7, 11) is 0. The lowest BCUT2D eigenvalue weighted by atomic mass is 10.1. The quantitative estimate of drug-likeness (QED) is 0.745. The van der Waals surface area contributed by atoms with Crippen LogP contribution in [-0.2, 0) is 6.42 Å². The van der Waals surface area contributed by atoms with Crippen molar-refractivity contribution in [3.63, 3.8) is 0 Å². The standard InChI is InChI=1S/C14H16N4/c1-9-3-4-12-11(7-9)10(2)8-14-17-16-13(5-6-15)18(12)14/h3-4,7-8H,5-6,15H2,1-2H3. The number of hydrogen-bond donors (Lipinski definition) is 1. The average Bonchev–Trinajstić information content (AvgIpc) is 2.73. The molecular formula is C14H16N4. The van der Waals surface area contributed by atoms with Crippen LogP contribution >= 0.6 is 0 Å². The molecule has 0 bridgehead atoms. The van der Waals surface area contributed by atoms with Gasteiger partial charge in [0.1, 0.15) is 5.82 Å². The van der Waals surface area contributed by atoms with Gasteiger partial charge in [0, 0.05) is 11.8 Å². The second-order valence-electron chi connectivity index (χ2n) is 4.70. The molecule has 0 aliphatic heterocycles. The molecule has 0 saturated heterocycles. The van der Waals surface area contributed by atoms with E-state index in [-0.39, 0.29) is 0 Å². The summed E-state index contributed by atoms with van der Waals surface area (Å²) in [5.74, 6) is 0.932. The highest BCUT2D eigenvalue weighted by Gasteiger charge is 2.10. The second kappa shape index (κ2) is 4.07. The van der Waals surface area contributed by atoms with E-state index in [0.29, 0.717) is 6.54 Å². The Bertz CT molecular complexity index is 727. The molecule has 2 aromatic heterocycles. The molecule has 18 heavy (non-hydrogen) atoms.